The van der Waals surface area contributed by atoms with Crippen LogP contribution in [-0.4, -0.2) is 57.4 Å². The Hall–Kier alpha value is -3.44. The number of ether oxygens (including phenoxy) is 1. The van der Waals surface area contributed by atoms with Crippen LogP contribution in [0.3, 0.4) is 0 Å². The van der Waals surface area contributed by atoms with E-state index in [-0.39, 0.29) is 0 Å². The van der Waals surface area contributed by atoms with Crippen LogP contribution in [0.15, 0.2) is 36.6 Å². The van der Waals surface area contributed by atoms with Gasteiger partial charge in [0.25, 0.3) is 23.9 Å². The number of hydrogen-bond acceptors (Lipinski definition) is 7. The number of carboxylic acid groups (broad SMARTS) is 4. The first-order valence-electron chi connectivity index (χ1n) is 8.39. The third-order valence-electron chi connectivity index (χ3n) is 1.77. The lowest BCUT2D eigenvalue weighted by Crippen LogP contribution is -2.11. The largest absolute Gasteiger partial charge is 0.481 e. The molecule has 0 amide bonds. The number of nitrogens with two attached hydrogens (primary N) is 2. The molecule has 0 radical (unpaired) electrons. The van der Waals surface area contributed by atoms with Crippen LogP contribution in [0.4, 0.5) is 0 Å². The summed E-state index contributed by atoms with van der Waals surface area (Å²) < 4.78 is 5.24. The maximum atomic E-state index is 9.00. The van der Waals surface area contributed by atoms with Crippen molar-refractivity contribution in [2.75, 3.05) is 13.1 Å². The lowest BCUT2D eigenvalue weighted by Gasteiger charge is -2.09. The molecule has 0 bridgehead atoms. The van der Waals surface area contributed by atoms with Crippen LogP contribution in [0.25, 0.3) is 0 Å². The lowest BCUT2D eigenvalue weighted by atomic mass is 10.1. The molecule has 172 valence electrons. The number of fused-ring (bicyclic) bond motifs is 1. The lowest BCUT2D eigenvalue weighted by molar-refractivity contribution is -0.135. The average molecular weight is 432 g/mol. The third-order valence-corrected chi connectivity index (χ3v) is 1.77. The maximum absolute atomic E-state index is 9.00. The highest BCUT2D eigenvalue weighted by atomic mass is 16.5. The molecule has 11 nitrogen and oxygen atoms in total. The van der Waals surface area contributed by atoms with Crippen LogP contribution in [0.2, 0.25) is 0 Å². The molecule has 11 heteroatoms. The monoisotopic (exact) mass is 432 g/mol. The van der Waals surface area contributed by atoms with Gasteiger partial charge in [0.05, 0.1) is 6.26 Å². The Kier molecular flexibility index (Phi) is 29.0. The Morgan fingerprint density at radius 1 is 0.800 bits per heavy atom. The fourth-order valence-corrected chi connectivity index (χ4v) is 1.08. The van der Waals surface area contributed by atoms with Crippen LogP contribution in [0, 0.1) is 0 Å². The van der Waals surface area contributed by atoms with Crippen molar-refractivity contribution in [3.05, 3.63) is 42.2 Å². The van der Waals surface area contributed by atoms with E-state index < -0.39 is 23.9 Å². The van der Waals surface area contributed by atoms with Gasteiger partial charge in [0.15, 0.2) is 0 Å². The summed E-state index contributed by atoms with van der Waals surface area (Å²) in [6.07, 6.45) is 4.75. The number of hydrogen-bond donors (Lipinski definition) is 6. The Balaban J connectivity index is -0.000000146. The highest BCUT2D eigenvalue weighted by Crippen LogP contribution is 2.21. The number of aliphatic carboxylic acids is 4. The van der Waals surface area contributed by atoms with Gasteiger partial charge < -0.3 is 36.6 Å². The molecule has 1 aliphatic heterocycles. The van der Waals surface area contributed by atoms with Gasteiger partial charge in [-0.15, -0.1) is 0 Å². The van der Waals surface area contributed by atoms with Crippen LogP contribution in [0.1, 0.15) is 33.3 Å². The van der Waals surface area contributed by atoms with E-state index in [2.05, 4.69) is 6.07 Å². The number of rotatable bonds is 1. The molecule has 0 fully saturated rings. The molecule has 0 unspecified atom stereocenters. The van der Waals surface area contributed by atoms with E-state index in [1.165, 1.54) is 5.56 Å². The number of carboxylic acids is 4. The van der Waals surface area contributed by atoms with Crippen molar-refractivity contribution in [2.24, 2.45) is 11.5 Å². The summed E-state index contributed by atoms with van der Waals surface area (Å²) in [4.78, 5) is 36.0. The highest BCUT2D eigenvalue weighted by Gasteiger charge is 2.02. The topological polar surface area (TPSA) is 210 Å². The second-order valence-corrected chi connectivity index (χ2v) is 4.95. The molecule has 1 heterocycles. The smallest absolute Gasteiger partial charge is 0.300 e. The van der Waals surface area contributed by atoms with Gasteiger partial charge >= 0.3 is 0 Å². The fraction of sp³-hybridized carbons (Fsp3) is 0.368. The summed E-state index contributed by atoms with van der Waals surface area (Å²) in [5.74, 6) is -2.34. The predicted molar refractivity (Wildman–Crippen MR) is 111 cm³/mol. The minimum absolute atomic E-state index is 0.597. The molecule has 2 rings (SSSR count). The second kappa shape index (κ2) is 25.6. The van der Waals surface area contributed by atoms with Crippen molar-refractivity contribution < 1.29 is 44.3 Å². The van der Waals surface area contributed by atoms with Gasteiger partial charge in [-0.25, -0.2) is 0 Å². The molecule has 0 saturated heterocycles. The molecule has 1 aromatic carbocycles. The second-order valence-electron chi connectivity index (χ2n) is 4.95. The highest BCUT2D eigenvalue weighted by molar-refractivity contribution is 5.63. The SMILES string of the molecule is C1=COc2ccccc2C1.CC(=O)O.CC(=O)O.CC(=O)O.CC(=O)O.NCCN. The zero-order valence-electron chi connectivity index (χ0n) is 17.6. The first kappa shape index (κ1) is 34.1. The minimum atomic E-state index is -0.833. The first-order valence-corrected chi connectivity index (χ1v) is 8.39. The van der Waals surface area contributed by atoms with E-state index in [1.807, 2.05) is 24.3 Å². The summed E-state index contributed by atoms with van der Waals surface area (Å²) in [5.41, 5.74) is 11.1. The molecular formula is C19H32N2O9. The van der Waals surface area contributed by atoms with E-state index >= 15 is 0 Å². The van der Waals surface area contributed by atoms with Crippen LogP contribution >= 0.6 is 0 Å². The summed E-state index contributed by atoms with van der Waals surface area (Å²) in [7, 11) is 0. The Morgan fingerprint density at radius 3 is 1.43 bits per heavy atom. The van der Waals surface area contributed by atoms with Crippen molar-refractivity contribution >= 4 is 23.9 Å². The molecule has 1 aliphatic rings. The Morgan fingerprint density at radius 2 is 1.13 bits per heavy atom. The molecule has 0 atom stereocenters. The van der Waals surface area contributed by atoms with Gasteiger partial charge in [0.2, 0.25) is 0 Å². The third kappa shape index (κ3) is 56.3. The van der Waals surface area contributed by atoms with Gasteiger partial charge in [-0.2, -0.15) is 0 Å². The van der Waals surface area contributed by atoms with Crippen LogP contribution in [0.5, 0.6) is 5.75 Å². The zero-order chi connectivity index (χ0) is 24.5. The van der Waals surface area contributed by atoms with Crippen LogP contribution < -0.4 is 16.2 Å². The number of para-hydroxylation sites is 1. The van der Waals surface area contributed by atoms with Crippen LogP contribution in [-0.2, 0) is 25.6 Å². The Bertz CT molecular complexity index is 539. The first-order chi connectivity index (χ1) is 13.8. The summed E-state index contributed by atoms with van der Waals surface area (Å²) in [5, 5.41) is 29.7. The predicted octanol–water partition coefficient (Wildman–Crippen LogP) is 1.40. The summed E-state index contributed by atoms with van der Waals surface area (Å²) in [6, 6.07) is 8.08. The molecule has 0 aromatic heterocycles. The van der Waals surface area contributed by atoms with E-state index in [1.54, 1.807) is 6.26 Å². The maximum Gasteiger partial charge on any atom is 0.300 e. The quantitative estimate of drug-likeness (QED) is 0.373. The van der Waals surface area contributed by atoms with E-state index in [9.17, 15) is 0 Å². The van der Waals surface area contributed by atoms with Gasteiger partial charge in [-0.1, -0.05) is 18.2 Å². The van der Waals surface area contributed by atoms with E-state index in [4.69, 9.17) is 55.8 Å². The van der Waals surface area contributed by atoms with Crippen molar-refractivity contribution in [2.45, 2.75) is 34.1 Å². The fourth-order valence-electron chi connectivity index (χ4n) is 1.08. The summed E-state index contributed by atoms with van der Waals surface area (Å²) >= 11 is 0. The molecule has 30 heavy (non-hydrogen) atoms. The van der Waals surface area contributed by atoms with Gasteiger partial charge in [-0.3, -0.25) is 19.2 Å². The van der Waals surface area contributed by atoms with Crippen molar-refractivity contribution in [1.82, 2.24) is 0 Å². The standard InChI is InChI=1S/C9H8O.C2H8N2.4C2H4O2/c1-2-6-9-8(4-1)5-3-7-10-9;3-1-2-4;4*1-2(3)4/h1-4,6-7H,5H2;1-4H2;4*1H3,(H,3,4). The van der Waals surface area contributed by atoms with Gasteiger partial charge in [-0.05, 0) is 24.1 Å². The molecule has 8 N–H and O–H groups in total. The molecule has 0 aliphatic carbocycles. The average Bonchev–Trinajstić information content (AvgIpc) is 2.60. The van der Waals surface area contributed by atoms with E-state index in [0.29, 0.717) is 13.1 Å². The normalized spacial score (nSPS) is 9.00. The van der Waals surface area contributed by atoms with Crippen molar-refractivity contribution in [3.8, 4) is 5.75 Å². The number of allylic oxidation sites excluding steroid dienone is 1. The molecule has 0 saturated carbocycles. The minimum Gasteiger partial charge on any atom is -0.481 e. The number of carbonyl (C=O) groups is 4. The van der Waals surface area contributed by atoms with Crippen molar-refractivity contribution in [1.29, 1.82) is 0 Å². The molecule has 0 spiro atoms. The van der Waals surface area contributed by atoms with E-state index in [0.717, 1.165) is 39.9 Å². The van der Waals surface area contributed by atoms with Gasteiger partial charge in [0.1, 0.15) is 5.75 Å². The summed E-state index contributed by atoms with van der Waals surface area (Å²) in [6.45, 7) is 5.53. The molecular weight excluding hydrogens is 400 g/mol. The Labute approximate surface area is 175 Å². The zero-order valence-corrected chi connectivity index (χ0v) is 17.6. The van der Waals surface area contributed by atoms with Crippen molar-refractivity contribution in [3.63, 3.8) is 0 Å². The van der Waals surface area contributed by atoms with Gasteiger partial charge in [0, 0.05) is 40.8 Å². The molecule has 1 aromatic rings. The number of benzene rings is 1.